The minimum absolute atomic E-state index is 0.217. The highest BCUT2D eigenvalue weighted by Crippen LogP contribution is 2.28. The normalized spacial score (nSPS) is 11.9. The second-order valence-corrected chi connectivity index (χ2v) is 7.61. The van der Waals surface area contributed by atoms with Crippen LogP contribution in [0.3, 0.4) is 0 Å². The Morgan fingerprint density at radius 2 is 1.54 bits per heavy atom. The number of aromatic nitrogens is 1. The summed E-state index contributed by atoms with van der Waals surface area (Å²) in [5.74, 6) is 0. The predicted molar refractivity (Wildman–Crippen MR) is 98.1 cm³/mol. The van der Waals surface area contributed by atoms with Crippen molar-refractivity contribution in [3.63, 3.8) is 0 Å². The fourth-order valence-electron chi connectivity index (χ4n) is 2.73. The summed E-state index contributed by atoms with van der Waals surface area (Å²) in [6.45, 7) is 0. The molecular weight excluding hydrogens is 344 g/mol. The molecule has 4 rings (SSSR count). The molecular formula is C18H13ClN2O2S. The van der Waals surface area contributed by atoms with Gasteiger partial charge in [-0.2, -0.15) is 0 Å². The third-order valence-electron chi connectivity index (χ3n) is 3.88. The molecule has 1 aromatic heterocycles. The molecule has 0 amide bonds. The standard InChI is InChI=1S/C18H13ClN2O2S/c19-12-5-7-13(8-6-12)21-24(22,23)14-9-10-18-16(11-14)15-3-1-2-4-17(15)20-18/h1-11,20-21H. The SMILES string of the molecule is O=S(=O)(Nc1ccc(Cl)cc1)c1ccc2[nH]c3ccccc3c2c1. The lowest BCUT2D eigenvalue weighted by Gasteiger charge is -2.08. The van der Waals surface area contributed by atoms with E-state index in [0.29, 0.717) is 10.7 Å². The van der Waals surface area contributed by atoms with Crippen LogP contribution in [0.2, 0.25) is 5.02 Å². The Morgan fingerprint density at radius 1 is 0.833 bits per heavy atom. The number of sulfonamides is 1. The molecule has 0 saturated carbocycles. The maximum Gasteiger partial charge on any atom is 0.261 e. The maximum absolute atomic E-state index is 12.6. The van der Waals surface area contributed by atoms with Crippen LogP contribution in [0.1, 0.15) is 0 Å². The summed E-state index contributed by atoms with van der Waals surface area (Å²) < 4.78 is 27.8. The van der Waals surface area contributed by atoms with Crippen LogP contribution >= 0.6 is 11.6 Å². The van der Waals surface area contributed by atoms with Gasteiger partial charge in [-0.05, 0) is 48.5 Å². The minimum atomic E-state index is -3.67. The quantitative estimate of drug-likeness (QED) is 0.555. The van der Waals surface area contributed by atoms with Gasteiger partial charge < -0.3 is 4.98 Å². The predicted octanol–water partition coefficient (Wildman–Crippen LogP) is 4.78. The molecule has 120 valence electrons. The first kappa shape index (κ1) is 15.1. The summed E-state index contributed by atoms with van der Waals surface area (Å²) in [6, 6.07) is 19.4. The van der Waals surface area contributed by atoms with Gasteiger partial charge in [-0.3, -0.25) is 4.72 Å². The number of halogens is 1. The van der Waals surface area contributed by atoms with Gasteiger partial charge in [0.1, 0.15) is 0 Å². The average Bonchev–Trinajstić information content (AvgIpc) is 2.94. The third-order valence-corrected chi connectivity index (χ3v) is 5.52. The highest BCUT2D eigenvalue weighted by Gasteiger charge is 2.16. The number of nitrogens with one attached hydrogen (secondary N) is 2. The molecule has 24 heavy (non-hydrogen) atoms. The molecule has 0 aliphatic heterocycles. The number of aromatic amines is 1. The molecule has 0 aliphatic rings. The summed E-state index contributed by atoms with van der Waals surface area (Å²) in [6.07, 6.45) is 0. The molecule has 6 heteroatoms. The second kappa shape index (κ2) is 5.54. The van der Waals surface area contributed by atoms with E-state index in [-0.39, 0.29) is 4.90 Å². The fourth-order valence-corrected chi connectivity index (χ4v) is 3.94. The Balaban J connectivity index is 1.79. The first-order chi connectivity index (χ1) is 11.5. The van der Waals surface area contributed by atoms with Gasteiger partial charge >= 0.3 is 0 Å². The Morgan fingerprint density at radius 3 is 2.33 bits per heavy atom. The van der Waals surface area contributed by atoms with Crippen LogP contribution in [0, 0.1) is 0 Å². The summed E-state index contributed by atoms with van der Waals surface area (Å²) in [7, 11) is -3.67. The molecule has 0 unspecified atom stereocenters. The van der Waals surface area contributed by atoms with E-state index in [4.69, 9.17) is 11.6 Å². The van der Waals surface area contributed by atoms with Gasteiger partial charge in [0.05, 0.1) is 4.90 Å². The van der Waals surface area contributed by atoms with E-state index < -0.39 is 10.0 Å². The van der Waals surface area contributed by atoms with Crippen molar-refractivity contribution in [2.45, 2.75) is 4.90 Å². The van der Waals surface area contributed by atoms with E-state index in [1.807, 2.05) is 24.3 Å². The Bertz CT molecular complexity index is 1150. The van der Waals surface area contributed by atoms with Crippen LogP contribution in [0.25, 0.3) is 21.8 Å². The topological polar surface area (TPSA) is 62.0 Å². The van der Waals surface area contributed by atoms with E-state index in [9.17, 15) is 8.42 Å². The summed E-state index contributed by atoms with van der Waals surface area (Å²) in [4.78, 5) is 3.50. The molecule has 0 radical (unpaired) electrons. The van der Waals surface area contributed by atoms with Crippen LogP contribution < -0.4 is 4.72 Å². The average molecular weight is 357 g/mol. The van der Waals surface area contributed by atoms with Crippen molar-refractivity contribution >= 4 is 49.1 Å². The number of fused-ring (bicyclic) bond motifs is 3. The molecule has 0 fully saturated rings. The fraction of sp³-hybridized carbons (Fsp3) is 0. The number of hydrogen-bond donors (Lipinski definition) is 2. The lowest BCUT2D eigenvalue weighted by Crippen LogP contribution is -2.12. The summed E-state index contributed by atoms with van der Waals surface area (Å²) in [5.41, 5.74) is 2.35. The van der Waals surface area contributed by atoms with Gasteiger partial charge in [0, 0.05) is 32.5 Å². The zero-order valence-electron chi connectivity index (χ0n) is 12.5. The summed E-state index contributed by atoms with van der Waals surface area (Å²) >= 11 is 5.83. The van der Waals surface area contributed by atoms with Crippen LogP contribution in [-0.4, -0.2) is 13.4 Å². The zero-order valence-corrected chi connectivity index (χ0v) is 14.0. The number of para-hydroxylation sites is 1. The van der Waals surface area contributed by atoms with E-state index >= 15 is 0 Å². The van der Waals surface area contributed by atoms with E-state index in [2.05, 4.69) is 9.71 Å². The van der Waals surface area contributed by atoms with Crippen molar-refractivity contribution in [3.8, 4) is 0 Å². The van der Waals surface area contributed by atoms with Crippen LogP contribution in [0.15, 0.2) is 71.6 Å². The number of rotatable bonds is 3. The van der Waals surface area contributed by atoms with Gasteiger partial charge in [-0.15, -0.1) is 0 Å². The van der Waals surface area contributed by atoms with Gasteiger partial charge in [0.2, 0.25) is 0 Å². The van der Waals surface area contributed by atoms with Gasteiger partial charge in [-0.25, -0.2) is 8.42 Å². The molecule has 2 N–H and O–H groups in total. The lowest BCUT2D eigenvalue weighted by atomic mass is 10.1. The number of anilines is 1. The van der Waals surface area contributed by atoms with Gasteiger partial charge in [0.15, 0.2) is 0 Å². The molecule has 1 heterocycles. The monoisotopic (exact) mass is 356 g/mol. The van der Waals surface area contributed by atoms with Crippen molar-refractivity contribution in [2.75, 3.05) is 4.72 Å². The highest BCUT2D eigenvalue weighted by molar-refractivity contribution is 7.92. The number of hydrogen-bond acceptors (Lipinski definition) is 2. The molecule has 0 aliphatic carbocycles. The van der Waals surface area contributed by atoms with Crippen molar-refractivity contribution in [1.82, 2.24) is 4.98 Å². The second-order valence-electron chi connectivity index (χ2n) is 5.49. The number of H-pyrrole nitrogens is 1. The zero-order chi connectivity index (χ0) is 16.7. The Labute approximate surface area is 144 Å². The first-order valence-electron chi connectivity index (χ1n) is 7.32. The van der Waals surface area contributed by atoms with Gasteiger partial charge in [0.25, 0.3) is 10.0 Å². The largest absolute Gasteiger partial charge is 0.355 e. The lowest BCUT2D eigenvalue weighted by molar-refractivity contribution is 0.601. The van der Waals surface area contributed by atoms with Crippen molar-refractivity contribution in [3.05, 3.63) is 71.8 Å². The van der Waals surface area contributed by atoms with Crippen molar-refractivity contribution in [1.29, 1.82) is 0 Å². The molecule has 0 spiro atoms. The third kappa shape index (κ3) is 2.62. The highest BCUT2D eigenvalue weighted by atomic mass is 35.5. The van der Waals surface area contributed by atoms with E-state index in [0.717, 1.165) is 21.8 Å². The minimum Gasteiger partial charge on any atom is -0.355 e. The molecule has 3 aromatic carbocycles. The van der Waals surface area contributed by atoms with Crippen molar-refractivity contribution < 1.29 is 8.42 Å². The molecule has 0 bridgehead atoms. The van der Waals surface area contributed by atoms with E-state index in [1.165, 1.54) is 0 Å². The molecule has 0 atom stereocenters. The number of benzene rings is 3. The molecule has 0 saturated heterocycles. The maximum atomic E-state index is 12.6. The first-order valence-corrected chi connectivity index (χ1v) is 9.18. The van der Waals surface area contributed by atoms with Crippen molar-refractivity contribution in [2.24, 2.45) is 0 Å². The molecule has 4 nitrogen and oxygen atoms in total. The smallest absolute Gasteiger partial charge is 0.261 e. The van der Waals surface area contributed by atoms with Crippen LogP contribution in [0.4, 0.5) is 5.69 Å². The van der Waals surface area contributed by atoms with Crippen LogP contribution in [-0.2, 0) is 10.0 Å². The Hall–Kier alpha value is -2.50. The van der Waals surface area contributed by atoms with Crippen LogP contribution in [0.5, 0.6) is 0 Å². The van der Waals surface area contributed by atoms with E-state index in [1.54, 1.807) is 42.5 Å². The summed E-state index contributed by atoms with van der Waals surface area (Å²) in [5, 5.41) is 2.43. The van der Waals surface area contributed by atoms with Gasteiger partial charge in [-0.1, -0.05) is 29.8 Å². The molecule has 4 aromatic rings. The Kier molecular flexibility index (Phi) is 3.48.